The van der Waals surface area contributed by atoms with Crippen molar-refractivity contribution < 1.29 is 13.2 Å². The molecule has 0 aliphatic carbocycles. The summed E-state index contributed by atoms with van der Waals surface area (Å²) in [4.78, 5) is 5.48. The summed E-state index contributed by atoms with van der Waals surface area (Å²) in [5.74, 6) is 0.228. The molecule has 0 saturated heterocycles. The van der Waals surface area contributed by atoms with Crippen LogP contribution in [0.5, 0.6) is 0 Å². The van der Waals surface area contributed by atoms with Crippen LogP contribution in [-0.4, -0.2) is 33.7 Å². The van der Waals surface area contributed by atoms with Crippen LogP contribution in [0, 0.1) is 0 Å². The topological polar surface area (TPSA) is 44.8 Å². The van der Waals surface area contributed by atoms with Gasteiger partial charge in [0.1, 0.15) is 0 Å². The Labute approximate surface area is 171 Å². The lowest BCUT2D eigenvalue weighted by atomic mass is 9.83. The quantitative estimate of drug-likeness (QED) is 0.495. The first-order valence-corrected chi connectivity index (χ1v) is 9.68. The summed E-state index contributed by atoms with van der Waals surface area (Å²) in [7, 11) is 2.08. The number of rotatable bonds is 2. The van der Waals surface area contributed by atoms with Gasteiger partial charge in [-0.3, -0.25) is 0 Å². The summed E-state index contributed by atoms with van der Waals surface area (Å²) in [5, 5.41) is 8.33. The minimum absolute atomic E-state index is 0.228. The Balaban J connectivity index is 1.52. The molecule has 1 unspecified atom stereocenters. The van der Waals surface area contributed by atoms with E-state index >= 15 is 0 Å². The number of fused-ring (bicyclic) bond motifs is 2. The van der Waals surface area contributed by atoms with Crippen LogP contribution in [0.25, 0.3) is 22.2 Å². The third kappa shape index (κ3) is 3.35. The molecule has 4 nitrogen and oxygen atoms in total. The van der Waals surface area contributed by atoms with Crippen molar-refractivity contribution in [2.45, 2.75) is 18.6 Å². The van der Waals surface area contributed by atoms with E-state index in [0.29, 0.717) is 5.69 Å². The maximum atomic E-state index is 12.8. The third-order valence-corrected chi connectivity index (χ3v) is 5.68. The molecule has 3 heterocycles. The molecule has 0 radical (unpaired) electrons. The minimum atomic E-state index is -4.49. The fraction of sp³-hybridized carbons (Fsp3) is 0.217. The molecule has 0 amide bonds. The van der Waals surface area contributed by atoms with Crippen molar-refractivity contribution in [2.75, 3.05) is 13.6 Å². The van der Waals surface area contributed by atoms with E-state index in [1.807, 2.05) is 18.3 Å². The average Bonchev–Trinajstić information content (AvgIpc) is 3.20. The molecule has 0 saturated carbocycles. The Hall–Kier alpha value is -3.19. The second-order valence-electron chi connectivity index (χ2n) is 7.79. The fourth-order valence-corrected chi connectivity index (χ4v) is 4.22. The lowest BCUT2D eigenvalue weighted by molar-refractivity contribution is -0.141. The lowest BCUT2D eigenvalue weighted by Crippen LogP contribution is -2.31. The highest BCUT2D eigenvalue weighted by molar-refractivity contribution is 5.80. The average molecular weight is 408 g/mol. The Morgan fingerprint density at radius 1 is 1.00 bits per heavy atom. The predicted octanol–water partition coefficient (Wildman–Crippen LogP) is 5.22. The molecule has 1 aliphatic heterocycles. The number of halogens is 3. The van der Waals surface area contributed by atoms with Crippen LogP contribution in [0.3, 0.4) is 0 Å². The number of benzene rings is 2. The van der Waals surface area contributed by atoms with Crippen LogP contribution < -0.4 is 0 Å². The summed E-state index contributed by atoms with van der Waals surface area (Å²) in [6, 6.07) is 16.9. The molecule has 1 atom stereocenters. The minimum Gasteiger partial charge on any atom is -0.361 e. The summed E-state index contributed by atoms with van der Waals surface area (Å²) in [6.07, 6.45) is -2.55. The van der Waals surface area contributed by atoms with Gasteiger partial charge in [0.2, 0.25) is 0 Å². The standard InChI is InChI=1S/C23H19F3N4/c1-30-12-17-11-15(21-6-7-22(29-28-21)23(24,25)26)2-4-18(17)19(13-30)14-3-5-20-16(10-14)8-9-27-20/h2-11,19,27H,12-13H2,1H3. The maximum Gasteiger partial charge on any atom is 0.435 e. The molecule has 30 heavy (non-hydrogen) atoms. The number of hydrogen-bond acceptors (Lipinski definition) is 3. The number of hydrogen-bond donors (Lipinski definition) is 1. The molecule has 1 N–H and O–H groups in total. The van der Waals surface area contributed by atoms with E-state index in [9.17, 15) is 13.2 Å². The van der Waals surface area contributed by atoms with Crippen LogP contribution in [0.4, 0.5) is 13.2 Å². The van der Waals surface area contributed by atoms with Crippen molar-refractivity contribution in [3.63, 3.8) is 0 Å². The highest BCUT2D eigenvalue weighted by atomic mass is 19.4. The van der Waals surface area contributed by atoms with Gasteiger partial charge in [0, 0.05) is 36.3 Å². The predicted molar refractivity (Wildman–Crippen MR) is 109 cm³/mol. The lowest BCUT2D eigenvalue weighted by Gasteiger charge is -2.33. The van der Waals surface area contributed by atoms with E-state index < -0.39 is 11.9 Å². The van der Waals surface area contributed by atoms with Crippen LogP contribution in [0.1, 0.15) is 28.3 Å². The van der Waals surface area contributed by atoms with Gasteiger partial charge in [-0.1, -0.05) is 18.2 Å². The molecule has 152 valence electrons. The van der Waals surface area contributed by atoms with Crippen molar-refractivity contribution in [1.82, 2.24) is 20.1 Å². The van der Waals surface area contributed by atoms with Gasteiger partial charge < -0.3 is 9.88 Å². The molecule has 0 fully saturated rings. The molecule has 5 rings (SSSR count). The summed E-state index contributed by atoms with van der Waals surface area (Å²) in [5.41, 5.74) is 4.98. The van der Waals surface area contributed by atoms with Gasteiger partial charge in [0.15, 0.2) is 5.69 Å². The first-order chi connectivity index (χ1) is 14.4. The van der Waals surface area contributed by atoms with Crippen LogP contribution in [0.2, 0.25) is 0 Å². The van der Waals surface area contributed by atoms with Crippen molar-refractivity contribution in [1.29, 1.82) is 0 Å². The monoisotopic (exact) mass is 408 g/mol. The van der Waals surface area contributed by atoms with Gasteiger partial charge in [0.25, 0.3) is 0 Å². The van der Waals surface area contributed by atoms with E-state index in [1.54, 1.807) is 0 Å². The third-order valence-electron chi connectivity index (χ3n) is 5.68. The van der Waals surface area contributed by atoms with Gasteiger partial charge in [-0.2, -0.15) is 13.2 Å². The van der Waals surface area contributed by atoms with E-state index in [1.165, 1.54) is 22.6 Å². The van der Waals surface area contributed by atoms with Gasteiger partial charge in [-0.05, 0) is 65.5 Å². The van der Waals surface area contributed by atoms with Crippen LogP contribution in [0.15, 0.2) is 60.8 Å². The molecular formula is C23H19F3N4. The number of nitrogens with zero attached hydrogens (tertiary/aromatic N) is 3. The molecule has 0 spiro atoms. The molecule has 2 aromatic carbocycles. The van der Waals surface area contributed by atoms with Crippen molar-refractivity contribution in [3.8, 4) is 11.3 Å². The van der Waals surface area contributed by atoms with Gasteiger partial charge >= 0.3 is 6.18 Å². The fourth-order valence-electron chi connectivity index (χ4n) is 4.22. The first-order valence-electron chi connectivity index (χ1n) is 9.68. The van der Waals surface area contributed by atoms with Crippen LogP contribution >= 0.6 is 0 Å². The second-order valence-corrected chi connectivity index (χ2v) is 7.79. The van der Waals surface area contributed by atoms with Gasteiger partial charge in [0.05, 0.1) is 5.69 Å². The molecule has 1 aliphatic rings. The zero-order chi connectivity index (χ0) is 20.9. The smallest absolute Gasteiger partial charge is 0.361 e. The number of aromatic nitrogens is 3. The molecule has 7 heteroatoms. The highest BCUT2D eigenvalue weighted by Gasteiger charge is 2.33. The molecule has 4 aromatic rings. The largest absolute Gasteiger partial charge is 0.435 e. The van der Waals surface area contributed by atoms with E-state index in [-0.39, 0.29) is 5.92 Å². The van der Waals surface area contributed by atoms with E-state index in [4.69, 9.17) is 0 Å². The zero-order valence-electron chi connectivity index (χ0n) is 16.2. The Kier molecular flexibility index (Phi) is 4.36. The molecule has 0 bridgehead atoms. The van der Waals surface area contributed by atoms with E-state index in [0.717, 1.165) is 35.8 Å². The SMILES string of the molecule is CN1Cc2cc(-c3ccc(C(F)(F)F)nn3)ccc2C(c2ccc3[nH]ccc3c2)C1. The normalized spacial score (nSPS) is 17.3. The molecular weight excluding hydrogens is 389 g/mol. The number of aromatic amines is 1. The molecule has 2 aromatic heterocycles. The van der Waals surface area contributed by atoms with Crippen molar-refractivity contribution >= 4 is 10.9 Å². The number of H-pyrrole nitrogens is 1. The number of nitrogens with one attached hydrogen (secondary N) is 1. The van der Waals surface area contributed by atoms with Gasteiger partial charge in [-0.25, -0.2) is 0 Å². The second kappa shape index (κ2) is 6.95. The summed E-state index contributed by atoms with van der Waals surface area (Å²) in [6.45, 7) is 1.68. The summed E-state index contributed by atoms with van der Waals surface area (Å²) >= 11 is 0. The van der Waals surface area contributed by atoms with Crippen LogP contribution in [-0.2, 0) is 12.7 Å². The van der Waals surface area contributed by atoms with Gasteiger partial charge in [-0.15, -0.1) is 10.2 Å². The Morgan fingerprint density at radius 2 is 1.87 bits per heavy atom. The van der Waals surface area contributed by atoms with Crippen molar-refractivity contribution in [3.05, 3.63) is 83.2 Å². The number of likely N-dealkylation sites (N-methyl/N-ethyl adjacent to an activating group) is 1. The Morgan fingerprint density at radius 3 is 2.63 bits per heavy atom. The maximum absolute atomic E-state index is 12.8. The summed E-state index contributed by atoms with van der Waals surface area (Å²) < 4.78 is 38.3. The van der Waals surface area contributed by atoms with Crippen molar-refractivity contribution in [2.24, 2.45) is 0 Å². The Bertz CT molecular complexity index is 1210. The van der Waals surface area contributed by atoms with E-state index in [2.05, 4.69) is 57.5 Å². The highest BCUT2D eigenvalue weighted by Crippen LogP contribution is 2.36. The zero-order valence-corrected chi connectivity index (χ0v) is 16.2. The number of alkyl halides is 3. The first kappa shape index (κ1) is 18.8.